The summed E-state index contributed by atoms with van der Waals surface area (Å²) >= 11 is 0. The van der Waals surface area contributed by atoms with E-state index in [4.69, 9.17) is 0 Å². The highest BCUT2D eigenvalue weighted by Crippen LogP contribution is 2.27. The predicted octanol–water partition coefficient (Wildman–Crippen LogP) is 4.62. The number of piperazine rings is 1. The third-order valence-corrected chi connectivity index (χ3v) is 7.98. The van der Waals surface area contributed by atoms with E-state index in [9.17, 15) is 14.4 Å². The molecule has 1 heterocycles. The molecular weight excluding hydrogens is 438 g/mol. The van der Waals surface area contributed by atoms with E-state index in [-0.39, 0.29) is 35.6 Å². The number of nitrogens with zero attached hydrogens (tertiary/aromatic N) is 2. The van der Waals surface area contributed by atoms with Crippen LogP contribution >= 0.6 is 0 Å². The van der Waals surface area contributed by atoms with Crippen LogP contribution in [-0.4, -0.2) is 59.2 Å². The maximum Gasteiger partial charge on any atom is 0.252 e. The minimum atomic E-state index is -0.598. The monoisotopic (exact) mass is 477 g/mol. The van der Waals surface area contributed by atoms with Crippen molar-refractivity contribution >= 4 is 28.5 Å². The lowest BCUT2D eigenvalue weighted by Crippen LogP contribution is -2.60. The van der Waals surface area contributed by atoms with Gasteiger partial charge in [0.1, 0.15) is 6.04 Å². The first-order valence-corrected chi connectivity index (χ1v) is 13.3. The molecule has 3 unspecified atom stereocenters. The molecule has 1 saturated heterocycles. The van der Waals surface area contributed by atoms with Crippen LogP contribution in [0, 0.1) is 11.8 Å². The predicted molar refractivity (Wildman–Crippen MR) is 139 cm³/mol. The molecule has 2 aliphatic rings. The quantitative estimate of drug-likeness (QED) is 0.660. The summed E-state index contributed by atoms with van der Waals surface area (Å²) in [6.07, 6.45) is 6.25. The molecule has 4 rings (SSSR count). The van der Waals surface area contributed by atoms with Gasteiger partial charge in [-0.15, -0.1) is 0 Å². The zero-order valence-corrected chi connectivity index (χ0v) is 21.3. The highest BCUT2D eigenvalue weighted by molar-refractivity contribution is 6.08. The van der Waals surface area contributed by atoms with E-state index in [2.05, 4.69) is 5.32 Å². The molecule has 1 aliphatic carbocycles. The van der Waals surface area contributed by atoms with Crippen molar-refractivity contribution in [2.45, 2.75) is 71.4 Å². The van der Waals surface area contributed by atoms with Crippen LogP contribution in [-0.2, 0) is 9.59 Å². The smallest absolute Gasteiger partial charge is 0.252 e. The standard InChI is InChI=1S/C29H39N3O3/c1-4-20(2)26(30-27(33)25-16-10-14-22-11-8-9-15-24(22)25)29(35)31-17-18-32(21(3)19-31)28(34)23-12-6-5-7-13-23/h8-11,14-16,20-21,23,26H,4-7,12-13,17-19H2,1-3H3,(H,30,33). The number of fused-ring (bicyclic) bond motifs is 1. The van der Waals surface area contributed by atoms with Gasteiger partial charge in [0.15, 0.2) is 0 Å². The molecule has 1 aliphatic heterocycles. The SMILES string of the molecule is CCC(C)C(NC(=O)c1cccc2ccccc12)C(=O)N1CCN(C(=O)C2CCCCC2)C(C)C1. The average Bonchev–Trinajstić information content (AvgIpc) is 2.90. The van der Waals surface area contributed by atoms with Gasteiger partial charge in [0.2, 0.25) is 11.8 Å². The molecule has 3 amide bonds. The Balaban J connectivity index is 1.45. The minimum Gasteiger partial charge on any atom is -0.340 e. The lowest BCUT2D eigenvalue weighted by Gasteiger charge is -2.43. The molecule has 1 saturated carbocycles. The number of hydrogen-bond acceptors (Lipinski definition) is 3. The Morgan fingerprint density at radius 1 is 1.00 bits per heavy atom. The first-order chi connectivity index (χ1) is 16.9. The van der Waals surface area contributed by atoms with E-state index < -0.39 is 6.04 Å². The Kier molecular flexibility index (Phi) is 8.09. The van der Waals surface area contributed by atoms with Crippen molar-refractivity contribution in [2.24, 2.45) is 11.8 Å². The zero-order chi connectivity index (χ0) is 24.9. The van der Waals surface area contributed by atoms with Crippen LogP contribution in [0.3, 0.4) is 0 Å². The number of benzene rings is 2. The van der Waals surface area contributed by atoms with Crippen molar-refractivity contribution in [2.75, 3.05) is 19.6 Å². The number of carbonyl (C=O) groups excluding carboxylic acids is 3. The maximum atomic E-state index is 13.7. The summed E-state index contributed by atoms with van der Waals surface area (Å²) in [5, 5.41) is 4.94. The van der Waals surface area contributed by atoms with Gasteiger partial charge < -0.3 is 15.1 Å². The second kappa shape index (κ2) is 11.2. The van der Waals surface area contributed by atoms with Crippen LogP contribution in [0.15, 0.2) is 42.5 Å². The number of rotatable bonds is 6. The van der Waals surface area contributed by atoms with Gasteiger partial charge in [-0.1, -0.05) is 75.9 Å². The number of nitrogens with one attached hydrogen (secondary N) is 1. The first-order valence-electron chi connectivity index (χ1n) is 13.3. The highest BCUT2D eigenvalue weighted by atomic mass is 16.2. The molecule has 2 aromatic rings. The Labute approximate surface area is 209 Å². The summed E-state index contributed by atoms with van der Waals surface area (Å²) in [4.78, 5) is 43.9. The van der Waals surface area contributed by atoms with Crippen LogP contribution in [0.4, 0.5) is 0 Å². The van der Waals surface area contributed by atoms with Crippen molar-refractivity contribution < 1.29 is 14.4 Å². The van der Waals surface area contributed by atoms with Crippen molar-refractivity contribution in [3.63, 3.8) is 0 Å². The minimum absolute atomic E-state index is 0.00127. The lowest BCUT2D eigenvalue weighted by molar-refractivity contribution is -0.147. The van der Waals surface area contributed by atoms with Gasteiger partial charge in [-0.2, -0.15) is 0 Å². The van der Waals surface area contributed by atoms with E-state index in [0.717, 1.165) is 42.9 Å². The van der Waals surface area contributed by atoms with E-state index in [1.165, 1.54) is 6.42 Å². The fourth-order valence-corrected chi connectivity index (χ4v) is 5.59. The highest BCUT2D eigenvalue weighted by Gasteiger charge is 2.37. The molecule has 1 N–H and O–H groups in total. The summed E-state index contributed by atoms with van der Waals surface area (Å²) in [7, 11) is 0. The van der Waals surface area contributed by atoms with Crippen molar-refractivity contribution in [1.29, 1.82) is 0 Å². The van der Waals surface area contributed by atoms with Crippen LogP contribution in [0.25, 0.3) is 10.8 Å². The fraction of sp³-hybridized carbons (Fsp3) is 0.552. The molecule has 0 radical (unpaired) electrons. The first kappa shape index (κ1) is 25.2. The molecular formula is C29H39N3O3. The van der Waals surface area contributed by atoms with Crippen molar-refractivity contribution in [1.82, 2.24) is 15.1 Å². The van der Waals surface area contributed by atoms with E-state index in [1.807, 2.05) is 73.0 Å². The third kappa shape index (κ3) is 5.52. The summed E-state index contributed by atoms with van der Waals surface area (Å²) in [6.45, 7) is 7.67. The molecule has 0 bridgehead atoms. The van der Waals surface area contributed by atoms with E-state index in [1.54, 1.807) is 0 Å². The van der Waals surface area contributed by atoms with Gasteiger partial charge in [-0.3, -0.25) is 14.4 Å². The van der Waals surface area contributed by atoms with Crippen LogP contribution in [0.5, 0.6) is 0 Å². The molecule has 188 valence electrons. The molecule has 0 aromatic heterocycles. The van der Waals surface area contributed by atoms with Crippen LogP contribution in [0.2, 0.25) is 0 Å². The van der Waals surface area contributed by atoms with Gasteiger partial charge in [0.25, 0.3) is 5.91 Å². The molecule has 6 heteroatoms. The molecule has 2 fully saturated rings. The van der Waals surface area contributed by atoms with Gasteiger partial charge >= 0.3 is 0 Å². The number of carbonyl (C=O) groups is 3. The van der Waals surface area contributed by atoms with E-state index in [0.29, 0.717) is 25.2 Å². The normalized spacial score (nSPS) is 20.9. The zero-order valence-electron chi connectivity index (χ0n) is 21.3. The molecule has 35 heavy (non-hydrogen) atoms. The average molecular weight is 478 g/mol. The van der Waals surface area contributed by atoms with Crippen molar-refractivity contribution in [3.8, 4) is 0 Å². The summed E-state index contributed by atoms with van der Waals surface area (Å²) in [5.74, 6) is 0.121. The fourth-order valence-electron chi connectivity index (χ4n) is 5.59. The van der Waals surface area contributed by atoms with Crippen LogP contribution < -0.4 is 5.32 Å². The Morgan fingerprint density at radius 3 is 2.43 bits per heavy atom. The second-order valence-corrected chi connectivity index (χ2v) is 10.4. The van der Waals surface area contributed by atoms with E-state index >= 15 is 0 Å². The van der Waals surface area contributed by atoms with Crippen LogP contribution in [0.1, 0.15) is 69.7 Å². The van der Waals surface area contributed by atoms with Gasteiger partial charge in [-0.25, -0.2) is 0 Å². The Bertz CT molecular complexity index is 1060. The van der Waals surface area contributed by atoms with Gasteiger partial charge in [-0.05, 0) is 42.5 Å². The number of amides is 3. The molecule has 6 nitrogen and oxygen atoms in total. The molecule has 2 aromatic carbocycles. The summed E-state index contributed by atoms with van der Waals surface area (Å²) in [6, 6.07) is 12.9. The lowest BCUT2D eigenvalue weighted by atomic mass is 9.87. The summed E-state index contributed by atoms with van der Waals surface area (Å²) in [5.41, 5.74) is 0.584. The summed E-state index contributed by atoms with van der Waals surface area (Å²) < 4.78 is 0. The molecule has 3 atom stereocenters. The molecule has 0 spiro atoms. The number of hydrogen-bond donors (Lipinski definition) is 1. The van der Waals surface area contributed by atoms with Crippen molar-refractivity contribution in [3.05, 3.63) is 48.0 Å². The Hall–Kier alpha value is -2.89. The third-order valence-electron chi connectivity index (χ3n) is 7.98. The second-order valence-electron chi connectivity index (χ2n) is 10.4. The maximum absolute atomic E-state index is 13.7. The van der Waals surface area contributed by atoms with Gasteiger partial charge in [0.05, 0.1) is 0 Å². The Morgan fingerprint density at radius 2 is 1.71 bits per heavy atom. The topological polar surface area (TPSA) is 69.7 Å². The van der Waals surface area contributed by atoms with Gasteiger partial charge in [0, 0.05) is 37.2 Å². The largest absolute Gasteiger partial charge is 0.340 e.